The summed E-state index contributed by atoms with van der Waals surface area (Å²) in [5, 5.41) is 4.22. The Morgan fingerprint density at radius 1 is 0.889 bits per heavy atom. The first kappa shape index (κ1) is 20.1. The second-order valence-electron chi connectivity index (χ2n) is 7.53. The minimum absolute atomic E-state index is 0.300. The van der Waals surface area contributed by atoms with Crippen LogP contribution in [0.5, 0.6) is 0 Å². The highest BCUT2D eigenvalue weighted by molar-refractivity contribution is 7.80. The van der Waals surface area contributed by atoms with Gasteiger partial charge in [-0.2, -0.15) is 0 Å². The van der Waals surface area contributed by atoms with Crippen LogP contribution in [0.3, 0.4) is 0 Å². The second-order valence-corrected chi connectivity index (χ2v) is 7.91. The molecular weight excluding hydrogens is 356 g/mol. The van der Waals surface area contributed by atoms with Crippen LogP contribution in [-0.4, -0.2) is 78.1 Å². The maximum atomic E-state index is 12.5. The zero-order valence-electron chi connectivity index (χ0n) is 16.2. The lowest BCUT2D eigenvalue weighted by Crippen LogP contribution is -2.53. The predicted octanol–water partition coefficient (Wildman–Crippen LogP) is 2.12. The quantitative estimate of drug-likeness (QED) is 0.783. The average Bonchev–Trinajstić information content (AvgIpc) is 2.99. The molecule has 1 aromatic carbocycles. The molecule has 0 radical (unpaired) electrons. The lowest BCUT2D eigenvalue weighted by Gasteiger charge is -2.36. The van der Waals surface area contributed by atoms with Gasteiger partial charge in [0.05, 0.1) is 6.54 Å². The molecule has 0 aliphatic carbocycles. The first-order valence-corrected chi connectivity index (χ1v) is 10.7. The molecule has 1 N–H and O–H groups in total. The van der Waals surface area contributed by atoms with Crippen molar-refractivity contribution in [2.75, 3.05) is 52.4 Å². The maximum Gasteiger partial charge on any atom is 0.236 e. The Bertz CT molecular complexity index is 593. The zero-order chi connectivity index (χ0) is 18.9. The van der Waals surface area contributed by atoms with Crippen molar-refractivity contribution in [3.05, 3.63) is 35.9 Å². The molecule has 2 aliphatic heterocycles. The number of hydrogen-bond donors (Lipinski definition) is 1. The van der Waals surface area contributed by atoms with Gasteiger partial charge in [-0.15, -0.1) is 0 Å². The van der Waals surface area contributed by atoms with Gasteiger partial charge >= 0.3 is 0 Å². The molecule has 2 saturated heterocycles. The number of likely N-dealkylation sites (tertiary alicyclic amines) is 1. The molecule has 0 aromatic heterocycles. The summed E-state index contributed by atoms with van der Waals surface area (Å²) in [6, 6.07) is 10.5. The maximum absolute atomic E-state index is 12.5. The molecule has 1 aromatic rings. The van der Waals surface area contributed by atoms with Gasteiger partial charge in [0.1, 0.15) is 0 Å². The summed E-state index contributed by atoms with van der Waals surface area (Å²) in [6.07, 6.45) is 5.81. The highest BCUT2D eigenvalue weighted by Gasteiger charge is 2.23. The number of carbonyl (C=O) groups excluding carboxylic acids is 1. The van der Waals surface area contributed by atoms with Crippen molar-refractivity contribution >= 4 is 23.2 Å². The Kier molecular flexibility index (Phi) is 7.90. The van der Waals surface area contributed by atoms with Gasteiger partial charge in [-0.3, -0.25) is 9.69 Å². The zero-order valence-corrected chi connectivity index (χ0v) is 17.1. The monoisotopic (exact) mass is 388 g/mol. The van der Waals surface area contributed by atoms with E-state index in [-0.39, 0.29) is 0 Å². The Labute approximate surface area is 168 Å². The summed E-state index contributed by atoms with van der Waals surface area (Å²) in [5.41, 5.74) is 1.32. The first-order valence-electron chi connectivity index (χ1n) is 10.3. The molecule has 2 heterocycles. The number of nitrogens with one attached hydrogen (secondary N) is 1. The highest BCUT2D eigenvalue weighted by Crippen LogP contribution is 2.11. The molecule has 6 heteroatoms. The molecule has 148 valence electrons. The van der Waals surface area contributed by atoms with Gasteiger partial charge in [0.2, 0.25) is 5.91 Å². The number of rotatable bonds is 5. The number of nitrogens with zero attached hydrogens (tertiary/aromatic N) is 3. The minimum Gasteiger partial charge on any atom is -0.362 e. The smallest absolute Gasteiger partial charge is 0.236 e. The molecule has 1 amide bonds. The van der Waals surface area contributed by atoms with Crippen molar-refractivity contribution in [3.8, 4) is 0 Å². The fourth-order valence-electron chi connectivity index (χ4n) is 3.79. The fraction of sp³-hybridized carbons (Fsp3) is 0.619. The first-order chi connectivity index (χ1) is 13.2. The summed E-state index contributed by atoms with van der Waals surface area (Å²) < 4.78 is 0. The molecule has 5 nitrogen and oxygen atoms in total. The number of carbonyl (C=O) groups is 1. The number of benzene rings is 1. The Hall–Kier alpha value is -1.66. The lowest BCUT2D eigenvalue weighted by molar-refractivity contribution is -0.132. The topological polar surface area (TPSA) is 38.8 Å². The van der Waals surface area contributed by atoms with Crippen molar-refractivity contribution in [1.29, 1.82) is 0 Å². The van der Waals surface area contributed by atoms with Crippen LogP contribution < -0.4 is 5.32 Å². The van der Waals surface area contributed by atoms with Gasteiger partial charge in [-0.25, -0.2) is 0 Å². The number of piperazine rings is 1. The van der Waals surface area contributed by atoms with Crippen LogP contribution in [0.25, 0.3) is 0 Å². The molecule has 0 spiro atoms. The van der Waals surface area contributed by atoms with Gasteiger partial charge in [0.15, 0.2) is 5.11 Å². The van der Waals surface area contributed by atoms with Crippen LogP contribution in [0.2, 0.25) is 0 Å². The van der Waals surface area contributed by atoms with E-state index in [9.17, 15) is 4.79 Å². The fourth-order valence-corrected chi connectivity index (χ4v) is 4.08. The van der Waals surface area contributed by atoms with Crippen molar-refractivity contribution in [2.24, 2.45) is 0 Å². The van der Waals surface area contributed by atoms with E-state index < -0.39 is 0 Å². The molecular formula is C21H32N4OS. The molecule has 0 atom stereocenters. The molecule has 0 saturated carbocycles. The van der Waals surface area contributed by atoms with Crippen molar-refractivity contribution in [2.45, 2.75) is 32.1 Å². The molecule has 0 unspecified atom stereocenters. The van der Waals surface area contributed by atoms with Crippen LogP contribution in [0.1, 0.15) is 31.2 Å². The van der Waals surface area contributed by atoms with Gasteiger partial charge in [-0.05, 0) is 37.0 Å². The van der Waals surface area contributed by atoms with Gasteiger partial charge in [0.25, 0.3) is 0 Å². The van der Waals surface area contributed by atoms with Gasteiger partial charge in [-0.1, -0.05) is 43.2 Å². The van der Waals surface area contributed by atoms with E-state index in [1.54, 1.807) is 0 Å². The van der Waals surface area contributed by atoms with Crippen LogP contribution in [-0.2, 0) is 11.2 Å². The van der Waals surface area contributed by atoms with E-state index in [1.807, 2.05) is 6.07 Å². The van der Waals surface area contributed by atoms with Crippen molar-refractivity contribution < 1.29 is 4.79 Å². The minimum atomic E-state index is 0.300. The van der Waals surface area contributed by atoms with E-state index in [2.05, 4.69) is 44.3 Å². The largest absolute Gasteiger partial charge is 0.362 e. The third kappa shape index (κ3) is 6.47. The van der Waals surface area contributed by atoms with E-state index in [1.165, 1.54) is 18.4 Å². The van der Waals surface area contributed by atoms with Crippen LogP contribution in [0.15, 0.2) is 30.3 Å². The van der Waals surface area contributed by atoms with E-state index in [0.29, 0.717) is 12.5 Å². The summed E-state index contributed by atoms with van der Waals surface area (Å²) in [5.74, 6) is 0.300. The van der Waals surface area contributed by atoms with Gasteiger partial charge < -0.3 is 15.1 Å². The molecule has 2 aliphatic rings. The average molecular weight is 389 g/mol. The summed E-state index contributed by atoms with van der Waals surface area (Å²) >= 11 is 5.55. The standard InChI is InChI=1S/C21H32N4OS/c26-20(24-12-6-1-2-7-13-24)18-23-14-16-25(17-15-23)21(27)22-11-10-19-8-4-3-5-9-19/h3-5,8-9H,1-2,6-7,10-18H2,(H,22,27). The van der Waals surface area contributed by atoms with E-state index in [0.717, 1.165) is 70.2 Å². The third-order valence-electron chi connectivity index (χ3n) is 5.51. The van der Waals surface area contributed by atoms with Crippen molar-refractivity contribution in [3.63, 3.8) is 0 Å². The predicted molar refractivity (Wildman–Crippen MR) is 114 cm³/mol. The highest BCUT2D eigenvalue weighted by atomic mass is 32.1. The second kappa shape index (κ2) is 10.6. The van der Waals surface area contributed by atoms with Crippen LogP contribution in [0, 0.1) is 0 Å². The third-order valence-corrected chi connectivity index (χ3v) is 5.91. The normalized spacial score (nSPS) is 18.8. The van der Waals surface area contributed by atoms with E-state index in [4.69, 9.17) is 12.2 Å². The number of amides is 1. The summed E-state index contributed by atoms with van der Waals surface area (Å²) in [4.78, 5) is 19.1. The Balaban J connectivity index is 1.34. The van der Waals surface area contributed by atoms with Gasteiger partial charge in [0, 0.05) is 45.8 Å². The molecule has 3 rings (SSSR count). The summed E-state index contributed by atoms with van der Waals surface area (Å²) in [7, 11) is 0. The lowest BCUT2D eigenvalue weighted by atomic mass is 10.1. The van der Waals surface area contributed by atoms with Crippen molar-refractivity contribution in [1.82, 2.24) is 20.0 Å². The number of hydrogen-bond acceptors (Lipinski definition) is 3. The number of thiocarbonyl (C=S) groups is 1. The molecule has 0 bridgehead atoms. The van der Waals surface area contributed by atoms with E-state index >= 15 is 0 Å². The summed E-state index contributed by atoms with van der Waals surface area (Å²) in [6.45, 7) is 6.88. The van der Waals surface area contributed by atoms with Crippen LogP contribution >= 0.6 is 12.2 Å². The molecule has 27 heavy (non-hydrogen) atoms. The Morgan fingerprint density at radius 2 is 1.56 bits per heavy atom. The molecule has 2 fully saturated rings. The van der Waals surface area contributed by atoms with Crippen LogP contribution in [0.4, 0.5) is 0 Å². The SMILES string of the molecule is O=C(CN1CCN(C(=S)NCCc2ccccc2)CC1)N1CCCCCC1. The Morgan fingerprint density at radius 3 is 2.22 bits per heavy atom.